The highest BCUT2D eigenvalue weighted by Gasteiger charge is 2.21. The quantitative estimate of drug-likeness (QED) is 0.523. The number of para-hydroxylation sites is 1. The molecule has 3 aromatic rings. The number of H-pyrrole nitrogens is 1. The molecule has 0 atom stereocenters. The summed E-state index contributed by atoms with van der Waals surface area (Å²) >= 11 is 1.45. The largest absolute Gasteiger partial charge is 0.378 e. The van der Waals surface area contributed by atoms with E-state index in [1.165, 1.54) is 18.3 Å². The molecule has 0 aliphatic carbocycles. The third-order valence-electron chi connectivity index (χ3n) is 4.52. The van der Waals surface area contributed by atoms with Crippen molar-refractivity contribution in [3.8, 4) is 10.6 Å². The molecule has 3 N–H and O–H groups in total. The van der Waals surface area contributed by atoms with Gasteiger partial charge in [-0.1, -0.05) is 12.1 Å². The van der Waals surface area contributed by atoms with Crippen LogP contribution < -0.4 is 21.1 Å². The van der Waals surface area contributed by atoms with Gasteiger partial charge in [0.05, 0.1) is 23.4 Å². The molecular weight excluding hydrogens is 392 g/mol. The van der Waals surface area contributed by atoms with Gasteiger partial charge >= 0.3 is 0 Å². The lowest BCUT2D eigenvalue weighted by Crippen LogP contribution is -2.38. The number of nitrogens with zero attached hydrogens (tertiary/aromatic N) is 3. The fourth-order valence-electron chi connectivity index (χ4n) is 3.11. The second-order valence-electron chi connectivity index (χ2n) is 6.61. The standard InChI is InChI=1S/C19H22N6O3S/c1-12(26)20-6-7-21-16-15(18-22-13-4-2-3-5-14(13)29-18)17(27)24-19(23-16)25-8-10-28-11-9-25/h2-5H,6-11H2,1H3,(H,20,26)(H2,21,23,24,27). The number of carbonyl (C=O) groups is 1. The summed E-state index contributed by atoms with van der Waals surface area (Å²) in [5.74, 6) is 0.857. The van der Waals surface area contributed by atoms with Gasteiger partial charge in [-0.2, -0.15) is 4.98 Å². The molecule has 10 heteroatoms. The molecule has 9 nitrogen and oxygen atoms in total. The van der Waals surface area contributed by atoms with Crippen LogP contribution in [0.4, 0.5) is 11.8 Å². The number of ether oxygens (including phenoxy) is 1. The van der Waals surface area contributed by atoms with Crippen molar-refractivity contribution in [2.24, 2.45) is 0 Å². The monoisotopic (exact) mass is 414 g/mol. The predicted octanol–water partition coefficient (Wildman–Crippen LogP) is 1.43. The second kappa shape index (κ2) is 8.58. The third-order valence-corrected chi connectivity index (χ3v) is 5.57. The lowest BCUT2D eigenvalue weighted by Gasteiger charge is -2.27. The van der Waals surface area contributed by atoms with Crippen molar-refractivity contribution in [2.75, 3.05) is 49.6 Å². The van der Waals surface area contributed by atoms with Crippen LogP contribution >= 0.6 is 11.3 Å². The maximum Gasteiger partial charge on any atom is 0.264 e. The highest BCUT2D eigenvalue weighted by atomic mass is 32.1. The number of rotatable bonds is 6. The molecule has 0 unspecified atom stereocenters. The van der Waals surface area contributed by atoms with Gasteiger partial charge in [0, 0.05) is 33.1 Å². The maximum absolute atomic E-state index is 13.0. The molecular formula is C19H22N6O3S. The van der Waals surface area contributed by atoms with Crippen LogP contribution in [0.25, 0.3) is 20.8 Å². The smallest absolute Gasteiger partial charge is 0.264 e. The van der Waals surface area contributed by atoms with E-state index in [1.54, 1.807) is 0 Å². The van der Waals surface area contributed by atoms with Crippen molar-refractivity contribution < 1.29 is 9.53 Å². The number of hydrogen-bond donors (Lipinski definition) is 3. The van der Waals surface area contributed by atoms with Crippen LogP contribution in [0, 0.1) is 0 Å². The van der Waals surface area contributed by atoms with Crippen molar-refractivity contribution in [2.45, 2.75) is 6.92 Å². The molecule has 4 rings (SSSR count). The lowest BCUT2D eigenvalue weighted by molar-refractivity contribution is -0.118. The number of thiazole rings is 1. The molecule has 1 aromatic carbocycles. The van der Waals surface area contributed by atoms with Crippen LogP contribution in [-0.2, 0) is 9.53 Å². The molecule has 29 heavy (non-hydrogen) atoms. The zero-order chi connectivity index (χ0) is 20.2. The molecule has 0 bridgehead atoms. The Labute approximate surface area is 171 Å². The van der Waals surface area contributed by atoms with Crippen LogP contribution in [0.2, 0.25) is 0 Å². The van der Waals surface area contributed by atoms with E-state index in [9.17, 15) is 9.59 Å². The topological polar surface area (TPSA) is 112 Å². The maximum atomic E-state index is 13.0. The third kappa shape index (κ3) is 4.38. The summed E-state index contributed by atoms with van der Waals surface area (Å²) in [6.45, 7) is 4.84. The summed E-state index contributed by atoms with van der Waals surface area (Å²) in [5, 5.41) is 6.54. The number of aromatic nitrogens is 3. The normalized spacial score (nSPS) is 14.2. The fraction of sp³-hybridized carbons (Fsp3) is 0.368. The Morgan fingerprint density at radius 1 is 1.24 bits per heavy atom. The zero-order valence-corrected chi connectivity index (χ0v) is 16.8. The van der Waals surface area contributed by atoms with E-state index in [0.29, 0.717) is 61.7 Å². The van der Waals surface area contributed by atoms with Gasteiger partial charge in [-0.3, -0.25) is 14.6 Å². The Morgan fingerprint density at radius 3 is 2.79 bits per heavy atom. The van der Waals surface area contributed by atoms with Crippen LogP contribution in [0.3, 0.4) is 0 Å². The van der Waals surface area contributed by atoms with Crippen LogP contribution in [0.5, 0.6) is 0 Å². The molecule has 3 heterocycles. The summed E-state index contributed by atoms with van der Waals surface area (Å²) in [5.41, 5.74) is 1.00. The number of amides is 1. The van der Waals surface area contributed by atoms with Gasteiger partial charge in [0.15, 0.2) is 0 Å². The average Bonchev–Trinajstić information content (AvgIpc) is 3.15. The van der Waals surface area contributed by atoms with Crippen LogP contribution in [0.1, 0.15) is 6.92 Å². The lowest BCUT2D eigenvalue weighted by atomic mass is 10.3. The average molecular weight is 414 g/mol. The SMILES string of the molecule is CC(=O)NCCNc1nc(N2CCOCC2)[nH]c(=O)c1-c1nc2ccccc2s1. The van der Waals surface area contributed by atoms with E-state index >= 15 is 0 Å². The molecule has 1 aliphatic rings. The summed E-state index contributed by atoms with van der Waals surface area (Å²) in [6.07, 6.45) is 0. The molecule has 152 valence electrons. The van der Waals surface area contributed by atoms with Crippen molar-refractivity contribution in [3.05, 3.63) is 34.6 Å². The number of aromatic amines is 1. The van der Waals surface area contributed by atoms with E-state index in [0.717, 1.165) is 10.2 Å². The van der Waals surface area contributed by atoms with Crippen LogP contribution in [0.15, 0.2) is 29.1 Å². The van der Waals surface area contributed by atoms with E-state index in [1.807, 2.05) is 29.2 Å². The summed E-state index contributed by atoms with van der Waals surface area (Å²) in [6, 6.07) is 7.76. The van der Waals surface area contributed by atoms with Gasteiger partial charge in [0.25, 0.3) is 5.56 Å². The number of benzene rings is 1. The summed E-state index contributed by atoms with van der Waals surface area (Å²) < 4.78 is 6.39. The van der Waals surface area contributed by atoms with Crippen LogP contribution in [-0.4, -0.2) is 60.3 Å². The minimum Gasteiger partial charge on any atom is -0.378 e. The number of fused-ring (bicyclic) bond motifs is 1. The highest BCUT2D eigenvalue weighted by molar-refractivity contribution is 7.21. The molecule has 1 fully saturated rings. The first-order valence-corrected chi connectivity index (χ1v) is 10.2. The van der Waals surface area contributed by atoms with Crippen molar-refractivity contribution in [1.82, 2.24) is 20.3 Å². The van der Waals surface area contributed by atoms with E-state index in [4.69, 9.17) is 4.74 Å². The minimum atomic E-state index is -0.248. The Morgan fingerprint density at radius 2 is 2.03 bits per heavy atom. The second-order valence-corrected chi connectivity index (χ2v) is 7.64. The molecule has 1 aliphatic heterocycles. The van der Waals surface area contributed by atoms with Gasteiger partial charge in [-0.25, -0.2) is 4.98 Å². The molecule has 1 amide bonds. The van der Waals surface area contributed by atoms with Crippen molar-refractivity contribution >= 4 is 39.2 Å². The van der Waals surface area contributed by atoms with E-state index in [-0.39, 0.29) is 11.5 Å². The first-order valence-electron chi connectivity index (χ1n) is 9.43. The van der Waals surface area contributed by atoms with Crippen molar-refractivity contribution in [1.29, 1.82) is 0 Å². The van der Waals surface area contributed by atoms with Gasteiger partial charge in [-0.15, -0.1) is 11.3 Å². The Kier molecular flexibility index (Phi) is 5.72. The fourth-order valence-corrected chi connectivity index (χ4v) is 4.12. The zero-order valence-electron chi connectivity index (χ0n) is 16.0. The summed E-state index contributed by atoms with van der Waals surface area (Å²) in [4.78, 5) is 38.3. The number of nitrogens with one attached hydrogen (secondary N) is 3. The first-order chi connectivity index (χ1) is 14.1. The molecule has 0 spiro atoms. The molecule has 0 saturated carbocycles. The highest BCUT2D eigenvalue weighted by Crippen LogP contribution is 2.32. The molecule has 0 radical (unpaired) electrons. The summed E-state index contributed by atoms with van der Waals surface area (Å²) in [7, 11) is 0. The number of morpholine rings is 1. The predicted molar refractivity (Wildman–Crippen MR) is 114 cm³/mol. The van der Waals surface area contributed by atoms with Gasteiger partial charge in [-0.05, 0) is 12.1 Å². The number of carbonyl (C=O) groups excluding carboxylic acids is 1. The van der Waals surface area contributed by atoms with Gasteiger partial charge in [0.2, 0.25) is 11.9 Å². The Balaban J connectivity index is 1.71. The Bertz CT molecular complexity index is 1040. The first kappa shape index (κ1) is 19.3. The molecule has 1 saturated heterocycles. The number of hydrogen-bond acceptors (Lipinski definition) is 8. The molecule has 2 aromatic heterocycles. The van der Waals surface area contributed by atoms with E-state index in [2.05, 4.69) is 25.6 Å². The van der Waals surface area contributed by atoms with Gasteiger partial charge in [0.1, 0.15) is 16.4 Å². The van der Waals surface area contributed by atoms with Crippen molar-refractivity contribution in [3.63, 3.8) is 0 Å². The Hall–Kier alpha value is -2.98. The number of anilines is 2. The minimum absolute atomic E-state index is 0.105. The van der Waals surface area contributed by atoms with E-state index < -0.39 is 0 Å². The van der Waals surface area contributed by atoms with Gasteiger partial charge < -0.3 is 20.3 Å².